The molecule has 1 aliphatic rings. The second-order valence-electron chi connectivity index (χ2n) is 3.76. The number of nitro groups is 1. The molecule has 92 valence electrons. The number of hydrogen-bond acceptors (Lipinski definition) is 5. The lowest BCUT2D eigenvalue weighted by molar-refractivity contribution is -0.385. The van der Waals surface area contributed by atoms with Crippen LogP contribution < -0.4 is 0 Å². The van der Waals surface area contributed by atoms with Gasteiger partial charge in [-0.2, -0.15) is 5.10 Å². The molecular weight excluding hydrogens is 224 g/mol. The van der Waals surface area contributed by atoms with Crippen LogP contribution in [0.25, 0.3) is 6.08 Å². The van der Waals surface area contributed by atoms with E-state index in [1.165, 1.54) is 10.9 Å². The van der Waals surface area contributed by atoms with Crippen LogP contribution in [0.5, 0.6) is 0 Å². The largest absolute Gasteiger partial charge is 0.378 e. The van der Waals surface area contributed by atoms with Crippen molar-refractivity contribution < 1.29 is 9.66 Å². The summed E-state index contributed by atoms with van der Waals surface area (Å²) in [4.78, 5) is 12.4. The van der Waals surface area contributed by atoms with E-state index in [1.807, 2.05) is 6.20 Å². The minimum absolute atomic E-state index is 0.0250. The fourth-order valence-electron chi connectivity index (χ4n) is 1.67. The molecule has 17 heavy (non-hydrogen) atoms. The molecule has 0 amide bonds. The molecule has 7 heteroatoms. The smallest absolute Gasteiger partial charge is 0.314 e. The number of nitrogens with zero attached hydrogens (tertiary/aromatic N) is 4. The summed E-state index contributed by atoms with van der Waals surface area (Å²) in [5.41, 5.74) is 0.526. The average molecular weight is 238 g/mol. The first-order valence-corrected chi connectivity index (χ1v) is 5.35. The monoisotopic (exact) mass is 238 g/mol. The zero-order chi connectivity index (χ0) is 12.3. The maximum absolute atomic E-state index is 10.8. The topological polar surface area (TPSA) is 73.4 Å². The van der Waals surface area contributed by atoms with Gasteiger partial charge in [0, 0.05) is 26.3 Å². The lowest BCUT2D eigenvalue weighted by Gasteiger charge is -2.24. The predicted molar refractivity (Wildman–Crippen MR) is 61.3 cm³/mol. The van der Waals surface area contributed by atoms with Gasteiger partial charge in [0.05, 0.1) is 18.1 Å². The van der Waals surface area contributed by atoms with Crippen LogP contribution in [0.4, 0.5) is 5.69 Å². The van der Waals surface area contributed by atoms with Gasteiger partial charge < -0.3 is 9.64 Å². The summed E-state index contributed by atoms with van der Waals surface area (Å²) in [6.07, 6.45) is 4.84. The lowest BCUT2D eigenvalue weighted by atomic mass is 10.3. The first kappa shape index (κ1) is 11.6. The van der Waals surface area contributed by atoms with Crippen LogP contribution in [0.3, 0.4) is 0 Å². The second-order valence-corrected chi connectivity index (χ2v) is 3.76. The van der Waals surface area contributed by atoms with Crippen LogP contribution >= 0.6 is 0 Å². The molecule has 2 heterocycles. The Morgan fingerprint density at radius 3 is 2.88 bits per heavy atom. The molecular formula is C10H14N4O3. The van der Waals surface area contributed by atoms with Gasteiger partial charge in [0.25, 0.3) is 0 Å². The number of morpholine rings is 1. The molecule has 0 bridgehead atoms. The highest BCUT2D eigenvalue weighted by Gasteiger charge is 2.16. The number of rotatable bonds is 3. The minimum Gasteiger partial charge on any atom is -0.378 e. The quantitative estimate of drug-likeness (QED) is 0.570. The van der Waals surface area contributed by atoms with E-state index in [4.69, 9.17) is 4.74 Å². The van der Waals surface area contributed by atoms with E-state index in [9.17, 15) is 10.1 Å². The van der Waals surface area contributed by atoms with Gasteiger partial charge in [0.2, 0.25) is 0 Å². The van der Waals surface area contributed by atoms with E-state index in [1.54, 1.807) is 13.1 Å². The van der Waals surface area contributed by atoms with Gasteiger partial charge in [-0.25, -0.2) is 0 Å². The summed E-state index contributed by atoms with van der Waals surface area (Å²) in [6, 6.07) is 0. The van der Waals surface area contributed by atoms with Crippen molar-refractivity contribution in [2.45, 2.75) is 0 Å². The lowest BCUT2D eigenvalue weighted by Crippen LogP contribution is -2.31. The van der Waals surface area contributed by atoms with E-state index in [2.05, 4.69) is 10.00 Å². The average Bonchev–Trinajstić information content (AvgIpc) is 2.69. The molecule has 1 fully saturated rings. The third-order valence-corrected chi connectivity index (χ3v) is 2.65. The predicted octanol–water partition coefficient (Wildman–Crippen LogP) is 0.631. The van der Waals surface area contributed by atoms with Gasteiger partial charge >= 0.3 is 5.69 Å². The van der Waals surface area contributed by atoms with Crippen molar-refractivity contribution in [3.63, 3.8) is 0 Å². The Morgan fingerprint density at radius 2 is 2.24 bits per heavy atom. The number of aromatic nitrogens is 2. The fraction of sp³-hybridized carbons (Fsp3) is 0.500. The summed E-state index contributed by atoms with van der Waals surface area (Å²) >= 11 is 0. The molecule has 0 atom stereocenters. The Hall–Kier alpha value is -1.89. The van der Waals surface area contributed by atoms with E-state index in [0.29, 0.717) is 18.9 Å². The number of aryl methyl sites for hydroxylation is 1. The molecule has 7 nitrogen and oxygen atoms in total. The first-order chi connectivity index (χ1) is 8.18. The third-order valence-electron chi connectivity index (χ3n) is 2.65. The van der Waals surface area contributed by atoms with Gasteiger partial charge in [0.15, 0.2) is 0 Å². The number of ether oxygens (including phenoxy) is 1. The summed E-state index contributed by atoms with van der Waals surface area (Å²) < 4.78 is 6.72. The Kier molecular flexibility index (Phi) is 3.38. The van der Waals surface area contributed by atoms with Crippen LogP contribution in [0.15, 0.2) is 12.4 Å². The van der Waals surface area contributed by atoms with Crippen LogP contribution in [0, 0.1) is 10.1 Å². The maximum Gasteiger partial charge on any atom is 0.314 e. The molecule has 0 spiro atoms. The molecule has 0 N–H and O–H groups in total. The van der Waals surface area contributed by atoms with Gasteiger partial charge in [-0.1, -0.05) is 0 Å². The third kappa shape index (κ3) is 2.62. The highest BCUT2D eigenvalue weighted by atomic mass is 16.6. The molecule has 0 radical (unpaired) electrons. The summed E-state index contributed by atoms with van der Waals surface area (Å²) in [5.74, 6) is 0. The van der Waals surface area contributed by atoms with E-state index in [-0.39, 0.29) is 5.69 Å². The van der Waals surface area contributed by atoms with Crippen molar-refractivity contribution in [2.24, 2.45) is 7.05 Å². The number of hydrogen-bond donors (Lipinski definition) is 0. The minimum atomic E-state index is -0.425. The van der Waals surface area contributed by atoms with Gasteiger partial charge in [-0.3, -0.25) is 14.8 Å². The summed E-state index contributed by atoms with van der Waals surface area (Å²) in [5, 5.41) is 14.7. The van der Waals surface area contributed by atoms with Gasteiger partial charge in [-0.05, 0) is 6.08 Å². The van der Waals surface area contributed by atoms with Gasteiger partial charge in [-0.15, -0.1) is 0 Å². The van der Waals surface area contributed by atoms with Crippen molar-refractivity contribution in [1.82, 2.24) is 14.7 Å². The zero-order valence-corrected chi connectivity index (χ0v) is 9.57. The molecule has 1 aliphatic heterocycles. The van der Waals surface area contributed by atoms with Crippen LogP contribution in [0.1, 0.15) is 5.69 Å². The maximum atomic E-state index is 10.8. The molecule has 0 unspecified atom stereocenters. The SMILES string of the molecule is Cn1ncc([N+](=O)[O-])c1/C=C\N1CCOCC1. The molecule has 2 rings (SSSR count). The van der Waals surface area contributed by atoms with E-state index in [0.717, 1.165) is 13.1 Å². The standard InChI is InChI=1S/C10H14N4O3/c1-12-9(10(8-11-12)14(15)16)2-3-13-4-6-17-7-5-13/h2-3,8H,4-7H2,1H3/b3-2-. The van der Waals surface area contributed by atoms with E-state index < -0.39 is 4.92 Å². The Morgan fingerprint density at radius 1 is 1.53 bits per heavy atom. The molecule has 1 aromatic rings. The highest BCUT2D eigenvalue weighted by Crippen LogP contribution is 2.18. The van der Waals surface area contributed by atoms with Crippen molar-refractivity contribution in [3.8, 4) is 0 Å². The van der Waals surface area contributed by atoms with Crippen molar-refractivity contribution in [2.75, 3.05) is 26.3 Å². The van der Waals surface area contributed by atoms with Gasteiger partial charge in [0.1, 0.15) is 11.9 Å². The van der Waals surface area contributed by atoms with Crippen molar-refractivity contribution in [3.05, 3.63) is 28.2 Å². The Balaban J connectivity index is 2.14. The Bertz CT molecular complexity index is 435. The molecule has 0 saturated carbocycles. The summed E-state index contributed by atoms with van der Waals surface area (Å²) in [6.45, 7) is 3.00. The Labute approximate surface area is 98.4 Å². The molecule has 0 aromatic carbocycles. The van der Waals surface area contributed by atoms with E-state index >= 15 is 0 Å². The fourth-order valence-corrected chi connectivity index (χ4v) is 1.67. The van der Waals surface area contributed by atoms with Crippen molar-refractivity contribution in [1.29, 1.82) is 0 Å². The second kappa shape index (κ2) is 4.96. The molecule has 0 aliphatic carbocycles. The first-order valence-electron chi connectivity index (χ1n) is 5.35. The normalized spacial score (nSPS) is 16.6. The molecule has 1 saturated heterocycles. The van der Waals surface area contributed by atoms with Crippen LogP contribution in [0.2, 0.25) is 0 Å². The molecule has 1 aromatic heterocycles. The van der Waals surface area contributed by atoms with Crippen molar-refractivity contribution >= 4 is 11.8 Å². The highest BCUT2D eigenvalue weighted by molar-refractivity contribution is 5.56. The summed E-state index contributed by atoms with van der Waals surface area (Å²) in [7, 11) is 1.69. The zero-order valence-electron chi connectivity index (χ0n) is 9.57. The van der Waals surface area contributed by atoms with Crippen LogP contribution in [-0.2, 0) is 11.8 Å². The van der Waals surface area contributed by atoms with Crippen LogP contribution in [-0.4, -0.2) is 45.9 Å².